The minimum Gasteiger partial charge on any atom is -0.491 e. The monoisotopic (exact) mass is 348 g/mol. The Morgan fingerprint density at radius 1 is 1.38 bits per heavy atom. The fourth-order valence-electron chi connectivity index (χ4n) is 1.17. The van der Waals surface area contributed by atoms with Gasteiger partial charge in [-0.15, -0.1) is 6.58 Å². The predicted octanol–water partition coefficient (Wildman–Crippen LogP) is 4.05. The van der Waals surface area contributed by atoms with E-state index >= 15 is 0 Å². The first kappa shape index (κ1) is 13.7. The van der Waals surface area contributed by atoms with Crippen molar-refractivity contribution < 1.29 is 9.84 Å². The molecule has 4 heteroatoms. The van der Waals surface area contributed by atoms with Gasteiger partial charge < -0.3 is 9.84 Å². The second kappa shape index (κ2) is 6.42. The lowest BCUT2D eigenvalue weighted by Gasteiger charge is -2.11. The summed E-state index contributed by atoms with van der Waals surface area (Å²) in [6, 6.07) is 3.70. The van der Waals surface area contributed by atoms with E-state index < -0.39 is 0 Å². The normalized spacial score (nSPS) is 10.2. The van der Waals surface area contributed by atoms with Crippen molar-refractivity contribution >= 4 is 31.9 Å². The molecule has 0 saturated carbocycles. The van der Waals surface area contributed by atoms with E-state index in [9.17, 15) is 0 Å². The Kier molecular flexibility index (Phi) is 5.52. The highest BCUT2D eigenvalue weighted by Gasteiger charge is 2.08. The molecule has 0 unspecified atom stereocenters. The lowest BCUT2D eigenvalue weighted by atomic mass is 10.2. The van der Waals surface area contributed by atoms with Crippen LogP contribution in [-0.2, 0) is 6.61 Å². The molecule has 0 radical (unpaired) electrons. The van der Waals surface area contributed by atoms with Gasteiger partial charge in [0.25, 0.3) is 0 Å². The highest BCUT2D eigenvalue weighted by atomic mass is 79.9. The molecule has 0 bridgehead atoms. The van der Waals surface area contributed by atoms with Crippen LogP contribution in [0.15, 0.2) is 33.2 Å². The summed E-state index contributed by atoms with van der Waals surface area (Å²) in [6.07, 6.45) is 0.834. The maximum absolute atomic E-state index is 9.03. The summed E-state index contributed by atoms with van der Waals surface area (Å²) in [5.41, 5.74) is 1.94. The van der Waals surface area contributed by atoms with Gasteiger partial charge >= 0.3 is 0 Å². The molecule has 88 valence electrons. The summed E-state index contributed by atoms with van der Waals surface area (Å²) in [5, 5.41) is 9.03. The molecular weight excluding hydrogens is 336 g/mol. The average molecular weight is 350 g/mol. The molecule has 0 aromatic heterocycles. The molecule has 16 heavy (non-hydrogen) atoms. The van der Waals surface area contributed by atoms with Crippen molar-refractivity contribution in [1.29, 1.82) is 0 Å². The number of aliphatic hydroxyl groups excluding tert-OH is 1. The Balaban J connectivity index is 2.76. The molecule has 0 aliphatic rings. The van der Waals surface area contributed by atoms with Gasteiger partial charge in [-0.25, -0.2) is 0 Å². The van der Waals surface area contributed by atoms with E-state index in [1.165, 1.54) is 0 Å². The van der Waals surface area contributed by atoms with Gasteiger partial charge in [0.2, 0.25) is 0 Å². The molecule has 0 fully saturated rings. The van der Waals surface area contributed by atoms with Crippen LogP contribution in [-0.4, -0.2) is 11.7 Å². The molecule has 0 atom stereocenters. The zero-order valence-corrected chi connectivity index (χ0v) is 12.3. The largest absolute Gasteiger partial charge is 0.491 e. The van der Waals surface area contributed by atoms with E-state index in [0.29, 0.717) is 6.61 Å². The molecule has 1 aromatic carbocycles. The molecule has 0 aliphatic carbocycles. The van der Waals surface area contributed by atoms with Gasteiger partial charge in [0.1, 0.15) is 5.75 Å². The van der Waals surface area contributed by atoms with Crippen LogP contribution in [0.2, 0.25) is 0 Å². The first-order chi connectivity index (χ1) is 7.54. The predicted molar refractivity (Wildman–Crippen MR) is 72.7 cm³/mol. The van der Waals surface area contributed by atoms with Gasteiger partial charge in [0.15, 0.2) is 0 Å². The summed E-state index contributed by atoms with van der Waals surface area (Å²) >= 11 is 6.83. The Morgan fingerprint density at radius 3 is 2.38 bits per heavy atom. The lowest BCUT2D eigenvalue weighted by Crippen LogP contribution is -1.99. The third-order valence-electron chi connectivity index (χ3n) is 2.02. The molecule has 2 nitrogen and oxygen atoms in total. The Bertz CT molecular complexity index is 366. The van der Waals surface area contributed by atoms with Crippen LogP contribution < -0.4 is 4.74 Å². The molecule has 0 heterocycles. The summed E-state index contributed by atoms with van der Waals surface area (Å²) in [4.78, 5) is 0. The van der Waals surface area contributed by atoms with Gasteiger partial charge in [-0.05, 0) is 56.5 Å². The van der Waals surface area contributed by atoms with Crippen molar-refractivity contribution in [1.82, 2.24) is 0 Å². The summed E-state index contributed by atoms with van der Waals surface area (Å²) in [7, 11) is 0. The van der Waals surface area contributed by atoms with Crippen LogP contribution in [0, 0.1) is 0 Å². The highest BCUT2D eigenvalue weighted by Crippen LogP contribution is 2.34. The van der Waals surface area contributed by atoms with E-state index in [4.69, 9.17) is 9.84 Å². The number of aliphatic hydroxyl groups is 1. The van der Waals surface area contributed by atoms with E-state index in [2.05, 4.69) is 38.4 Å². The number of hydrogen-bond donors (Lipinski definition) is 1. The van der Waals surface area contributed by atoms with Gasteiger partial charge in [0.05, 0.1) is 22.2 Å². The summed E-state index contributed by atoms with van der Waals surface area (Å²) in [6.45, 7) is 6.42. The molecule has 1 aromatic rings. The molecule has 0 spiro atoms. The van der Waals surface area contributed by atoms with E-state index in [1.807, 2.05) is 19.1 Å². The zero-order chi connectivity index (χ0) is 12.1. The second-order valence-electron chi connectivity index (χ2n) is 3.60. The van der Waals surface area contributed by atoms with Crippen LogP contribution in [0.3, 0.4) is 0 Å². The Hall–Kier alpha value is -0.320. The number of benzene rings is 1. The fraction of sp³-hybridized carbons (Fsp3) is 0.333. The Labute approximate surface area is 113 Å². The molecule has 1 rings (SSSR count). The fourth-order valence-corrected chi connectivity index (χ4v) is 2.68. The molecule has 1 N–H and O–H groups in total. The van der Waals surface area contributed by atoms with Gasteiger partial charge in [0, 0.05) is 6.42 Å². The first-order valence-electron chi connectivity index (χ1n) is 4.90. The smallest absolute Gasteiger partial charge is 0.147 e. The van der Waals surface area contributed by atoms with Crippen molar-refractivity contribution in [3.05, 3.63) is 38.8 Å². The van der Waals surface area contributed by atoms with E-state index in [1.54, 1.807) is 0 Å². The van der Waals surface area contributed by atoms with Crippen molar-refractivity contribution in [3.8, 4) is 5.75 Å². The topological polar surface area (TPSA) is 29.5 Å². The molecular formula is C12H14Br2O2. The maximum atomic E-state index is 9.03. The van der Waals surface area contributed by atoms with Gasteiger partial charge in [-0.2, -0.15) is 0 Å². The van der Waals surface area contributed by atoms with E-state index in [0.717, 1.165) is 32.3 Å². The van der Waals surface area contributed by atoms with Crippen LogP contribution in [0.5, 0.6) is 5.75 Å². The minimum atomic E-state index is 0.0171. The summed E-state index contributed by atoms with van der Waals surface area (Å²) in [5.74, 6) is 0.762. The molecule has 0 saturated heterocycles. The molecule has 0 aliphatic heterocycles. The van der Waals surface area contributed by atoms with Crippen molar-refractivity contribution in [3.63, 3.8) is 0 Å². The minimum absolute atomic E-state index is 0.0171. The number of halogens is 2. The van der Waals surface area contributed by atoms with Crippen molar-refractivity contribution in [2.45, 2.75) is 20.0 Å². The number of hydrogen-bond acceptors (Lipinski definition) is 2. The standard InChI is InChI=1S/C12H14Br2O2/c1-8(2)3-4-16-12-10(13)5-9(7-15)6-11(12)14/h5-6,15H,1,3-4,7H2,2H3. The average Bonchev–Trinajstić information content (AvgIpc) is 2.21. The van der Waals surface area contributed by atoms with Gasteiger partial charge in [-0.3, -0.25) is 0 Å². The first-order valence-corrected chi connectivity index (χ1v) is 6.49. The lowest BCUT2D eigenvalue weighted by molar-refractivity contribution is 0.281. The SMILES string of the molecule is C=C(C)CCOc1c(Br)cc(CO)cc1Br. The van der Waals surface area contributed by atoms with Crippen molar-refractivity contribution in [2.24, 2.45) is 0 Å². The number of ether oxygens (including phenoxy) is 1. The van der Waals surface area contributed by atoms with Crippen LogP contribution in [0.1, 0.15) is 18.9 Å². The highest BCUT2D eigenvalue weighted by molar-refractivity contribution is 9.11. The Morgan fingerprint density at radius 2 is 1.94 bits per heavy atom. The maximum Gasteiger partial charge on any atom is 0.147 e. The zero-order valence-electron chi connectivity index (χ0n) is 9.09. The third-order valence-corrected chi connectivity index (χ3v) is 3.19. The van der Waals surface area contributed by atoms with Crippen LogP contribution in [0.25, 0.3) is 0 Å². The van der Waals surface area contributed by atoms with Crippen LogP contribution in [0.4, 0.5) is 0 Å². The quantitative estimate of drug-likeness (QED) is 0.812. The van der Waals surface area contributed by atoms with Crippen molar-refractivity contribution in [2.75, 3.05) is 6.61 Å². The molecule has 0 amide bonds. The summed E-state index contributed by atoms with van der Waals surface area (Å²) < 4.78 is 7.32. The van der Waals surface area contributed by atoms with Crippen LogP contribution >= 0.6 is 31.9 Å². The van der Waals surface area contributed by atoms with Gasteiger partial charge in [-0.1, -0.05) is 5.57 Å². The second-order valence-corrected chi connectivity index (χ2v) is 5.31. The third kappa shape index (κ3) is 3.92. The number of rotatable bonds is 5. The van der Waals surface area contributed by atoms with E-state index in [-0.39, 0.29) is 6.61 Å².